The van der Waals surface area contributed by atoms with Crippen LogP contribution in [0, 0.1) is 11.3 Å². The smallest absolute Gasteiger partial charge is 0.0254 e. The lowest BCUT2D eigenvalue weighted by Crippen LogP contribution is -2.55. The van der Waals surface area contributed by atoms with Crippen molar-refractivity contribution in [3.8, 4) is 0 Å². The molecule has 2 aliphatic carbocycles. The first-order valence-corrected chi connectivity index (χ1v) is 8.86. The van der Waals surface area contributed by atoms with Crippen molar-refractivity contribution in [3.63, 3.8) is 0 Å². The molecule has 2 rings (SSSR count). The standard InChI is InChI=1S/C18H36N2/c1-6-14-7-9-15(10-8-14)20(5)17-13-18(2,3)12-11-16(17)19-4/h14-17,19H,6-13H2,1-5H3. The van der Waals surface area contributed by atoms with E-state index in [2.05, 4.69) is 45.1 Å². The van der Waals surface area contributed by atoms with Crippen LogP contribution in [0.5, 0.6) is 0 Å². The first-order valence-electron chi connectivity index (χ1n) is 8.86. The van der Waals surface area contributed by atoms with Crippen LogP contribution in [0.1, 0.15) is 72.1 Å². The van der Waals surface area contributed by atoms with Gasteiger partial charge in [-0.1, -0.05) is 27.2 Å². The van der Waals surface area contributed by atoms with E-state index >= 15 is 0 Å². The monoisotopic (exact) mass is 280 g/mol. The highest BCUT2D eigenvalue weighted by atomic mass is 15.2. The van der Waals surface area contributed by atoms with Crippen molar-refractivity contribution in [1.29, 1.82) is 0 Å². The molecule has 2 atom stereocenters. The topological polar surface area (TPSA) is 15.3 Å². The van der Waals surface area contributed by atoms with Gasteiger partial charge in [0.05, 0.1) is 0 Å². The summed E-state index contributed by atoms with van der Waals surface area (Å²) in [5.41, 5.74) is 0.521. The van der Waals surface area contributed by atoms with E-state index in [0.717, 1.165) is 18.0 Å². The molecule has 0 aliphatic heterocycles. The molecule has 0 amide bonds. The first-order chi connectivity index (χ1) is 9.46. The van der Waals surface area contributed by atoms with E-state index < -0.39 is 0 Å². The van der Waals surface area contributed by atoms with E-state index in [0.29, 0.717) is 11.5 Å². The minimum absolute atomic E-state index is 0.521. The molecule has 118 valence electrons. The minimum Gasteiger partial charge on any atom is -0.315 e. The molecule has 0 saturated heterocycles. The van der Waals surface area contributed by atoms with Crippen LogP contribution in [0.4, 0.5) is 0 Å². The number of rotatable bonds is 4. The molecule has 2 nitrogen and oxygen atoms in total. The summed E-state index contributed by atoms with van der Waals surface area (Å²) < 4.78 is 0. The van der Waals surface area contributed by atoms with Gasteiger partial charge in [-0.25, -0.2) is 0 Å². The lowest BCUT2D eigenvalue weighted by atomic mass is 9.71. The zero-order valence-electron chi connectivity index (χ0n) is 14.4. The molecule has 0 aromatic rings. The van der Waals surface area contributed by atoms with Crippen LogP contribution in [0.25, 0.3) is 0 Å². The summed E-state index contributed by atoms with van der Waals surface area (Å²) in [6.07, 6.45) is 11.2. The first kappa shape index (κ1) is 16.3. The summed E-state index contributed by atoms with van der Waals surface area (Å²) in [5, 5.41) is 3.59. The summed E-state index contributed by atoms with van der Waals surface area (Å²) in [7, 11) is 4.55. The Hall–Kier alpha value is -0.0800. The van der Waals surface area contributed by atoms with Gasteiger partial charge in [0, 0.05) is 18.1 Å². The van der Waals surface area contributed by atoms with Crippen LogP contribution in [0.2, 0.25) is 0 Å². The van der Waals surface area contributed by atoms with Crippen LogP contribution in [0.15, 0.2) is 0 Å². The van der Waals surface area contributed by atoms with Gasteiger partial charge < -0.3 is 5.32 Å². The third kappa shape index (κ3) is 3.76. The highest BCUT2D eigenvalue weighted by Crippen LogP contribution is 2.39. The van der Waals surface area contributed by atoms with E-state index in [1.165, 1.54) is 51.4 Å². The Kier molecular flexibility index (Phi) is 5.53. The summed E-state index contributed by atoms with van der Waals surface area (Å²) in [4.78, 5) is 2.74. The van der Waals surface area contributed by atoms with Crippen molar-refractivity contribution in [1.82, 2.24) is 10.2 Å². The highest BCUT2D eigenvalue weighted by Gasteiger charge is 2.38. The summed E-state index contributed by atoms with van der Waals surface area (Å²) in [5.74, 6) is 1.00. The normalized spacial score (nSPS) is 38.1. The quantitative estimate of drug-likeness (QED) is 0.835. The molecular weight excluding hydrogens is 244 g/mol. The van der Waals surface area contributed by atoms with Gasteiger partial charge in [0.15, 0.2) is 0 Å². The van der Waals surface area contributed by atoms with Crippen LogP contribution in [-0.4, -0.2) is 37.1 Å². The molecule has 2 heteroatoms. The Labute approximate surface area is 126 Å². The molecule has 0 spiro atoms. The fourth-order valence-corrected chi connectivity index (χ4v) is 4.54. The van der Waals surface area contributed by atoms with E-state index in [4.69, 9.17) is 0 Å². The number of hydrogen-bond donors (Lipinski definition) is 1. The van der Waals surface area contributed by atoms with Crippen molar-refractivity contribution < 1.29 is 0 Å². The van der Waals surface area contributed by atoms with E-state index in [9.17, 15) is 0 Å². The minimum atomic E-state index is 0.521. The third-order valence-corrected chi connectivity index (χ3v) is 6.22. The van der Waals surface area contributed by atoms with Crippen LogP contribution in [-0.2, 0) is 0 Å². The predicted octanol–water partition coefficient (Wildman–Crippen LogP) is 4.05. The fourth-order valence-electron chi connectivity index (χ4n) is 4.54. The second kappa shape index (κ2) is 6.79. The van der Waals surface area contributed by atoms with Gasteiger partial charge in [0.1, 0.15) is 0 Å². The Morgan fingerprint density at radius 3 is 2.30 bits per heavy atom. The van der Waals surface area contributed by atoms with Crippen molar-refractivity contribution >= 4 is 0 Å². The largest absolute Gasteiger partial charge is 0.315 e. The molecule has 0 bridgehead atoms. The number of hydrogen-bond acceptors (Lipinski definition) is 2. The summed E-state index contributed by atoms with van der Waals surface area (Å²) in [6.45, 7) is 7.26. The molecular formula is C18H36N2. The van der Waals surface area contributed by atoms with Gasteiger partial charge in [-0.2, -0.15) is 0 Å². The SMILES string of the molecule is CCC1CCC(N(C)C2CC(C)(C)CCC2NC)CC1. The zero-order chi connectivity index (χ0) is 14.8. The van der Waals surface area contributed by atoms with Crippen molar-refractivity contribution in [2.75, 3.05) is 14.1 Å². The van der Waals surface area contributed by atoms with Crippen LogP contribution >= 0.6 is 0 Å². The second-order valence-electron chi connectivity index (χ2n) is 8.12. The van der Waals surface area contributed by atoms with Crippen LogP contribution in [0.3, 0.4) is 0 Å². The maximum Gasteiger partial charge on any atom is 0.0254 e. The molecule has 2 saturated carbocycles. The average molecular weight is 281 g/mol. The molecule has 0 aromatic carbocycles. The summed E-state index contributed by atoms with van der Waals surface area (Å²) in [6, 6.07) is 2.25. The Morgan fingerprint density at radius 1 is 1.10 bits per heavy atom. The summed E-state index contributed by atoms with van der Waals surface area (Å²) >= 11 is 0. The number of likely N-dealkylation sites (N-methyl/N-ethyl adjacent to an activating group) is 2. The van der Waals surface area contributed by atoms with Gasteiger partial charge in [-0.3, -0.25) is 4.90 Å². The van der Waals surface area contributed by atoms with Crippen LogP contribution < -0.4 is 5.32 Å². The highest BCUT2D eigenvalue weighted by molar-refractivity contribution is 4.95. The molecule has 20 heavy (non-hydrogen) atoms. The Bertz CT molecular complexity index is 292. The predicted molar refractivity (Wildman–Crippen MR) is 88.1 cm³/mol. The maximum atomic E-state index is 3.59. The fraction of sp³-hybridized carbons (Fsp3) is 1.00. The number of nitrogens with zero attached hydrogens (tertiary/aromatic N) is 1. The van der Waals surface area contributed by atoms with E-state index in [1.807, 2.05) is 0 Å². The van der Waals surface area contributed by atoms with Gasteiger partial charge in [-0.15, -0.1) is 0 Å². The van der Waals surface area contributed by atoms with Gasteiger partial charge in [0.2, 0.25) is 0 Å². The molecule has 0 heterocycles. The Morgan fingerprint density at radius 2 is 1.75 bits per heavy atom. The van der Waals surface area contributed by atoms with Gasteiger partial charge >= 0.3 is 0 Å². The molecule has 0 aromatic heterocycles. The lowest BCUT2D eigenvalue weighted by Gasteiger charge is -2.48. The lowest BCUT2D eigenvalue weighted by molar-refractivity contribution is 0.0393. The molecule has 2 aliphatic rings. The van der Waals surface area contributed by atoms with Gasteiger partial charge in [0.25, 0.3) is 0 Å². The Balaban J connectivity index is 1.97. The van der Waals surface area contributed by atoms with E-state index in [1.54, 1.807) is 0 Å². The molecule has 0 radical (unpaired) electrons. The maximum absolute atomic E-state index is 3.59. The van der Waals surface area contributed by atoms with Crippen molar-refractivity contribution in [3.05, 3.63) is 0 Å². The van der Waals surface area contributed by atoms with Crippen molar-refractivity contribution in [2.45, 2.75) is 90.3 Å². The zero-order valence-corrected chi connectivity index (χ0v) is 14.4. The van der Waals surface area contributed by atoms with E-state index in [-0.39, 0.29) is 0 Å². The molecule has 1 N–H and O–H groups in total. The second-order valence-corrected chi connectivity index (χ2v) is 8.12. The molecule has 2 unspecified atom stereocenters. The van der Waals surface area contributed by atoms with Crippen molar-refractivity contribution in [2.24, 2.45) is 11.3 Å². The number of nitrogens with one attached hydrogen (secondary N) is 1. The average Bonchev–Trinajstić information content (AvgIpc) is 2.46. The molecule has 2 fully saturated rings. The van der Waals surface area contributed by atoms with Gasteiger partial charge in [-0.05, 0) is 70.4 Å². The third-order valence-electron chi connectivity index (χ3n) is 6.22.